The third kappa shape index (κ3) is 2.59. The van der Waals surface area contributed by atoms with Gasteiger partial charge in [0.25, 0.3) is 0 Å². The molecule has 0 atom stereocenters. The van der Waals surface area contributed by atoms with Gasteiger partial charge in [-0.15, -0.1) is 0 Å². The number of rotatable bonds is 4. The number of hydrogen-bond donors (Lipinski definition) is 0. The second-order valence-electron chi connectivity index (χ2n) is 4.23. The molecule has 0 saturated heterocycles. The molecule has 0 amide bonds. The van der Waals surface area contributed by atoms with Gasteiger partial charge in [-0.2, -0.15) is 5.10 Å². The molecule has 0 aliphatic carbocycles. The topological polar surface area (TPSA) is 53.4 Å². The third-order valence-electron chi connectivity index (χ3n) is 2.85. The average Bonchev–Trinajstić information content (AvgIpc) is 2.76. The van der Waals surface area contributed by atoms with Crippen molar-refractivity contribution in [2.75, 3.05) is 14.2 Å². The van der Waals surface area contributed by atoms with E-state index in [0.29, 0.717) is 22.8 Å². The van der Waals surface area contributed by atoms with Crippen LogP contribution in [0.2, 0.25) is 0 Å². The van der Waals surface area contributed by atoms with Crippen molar-refractivity contribution in [3.05, 3.63) is 41.2 Å². The number of benzene rings is 1. The van der Waals surface area contributed by atoms with E-state index in [1.807, 2.05) is 6.92 Å². The van der Waals surface area contributed by atoms with Crippen molar-refractivity contribution in [2.24, 2.45) is 7.05 Å². The zero-order valence-corrected chi connectivity index (χ0v) is 11.4. The maximum atomic E-state index is 12.4. The first kappa shape index (κ1) is 13.1. The largest absolute Gasteiger partial charge is 0.497 e. The van der Waals surface area contributed by atoms with Gasteiger partial charge in [-0.05, 0) is 25.1 Å². The monoisotopic (exact) mass is 260 g/mol. The van der Waals surface area contributed by atoms with Crippen LogP contribution in [0.1, 0.15) is 21.7 Å². The van der Waals surface area contributed by atoms with Crippen LogP contribution in [0.25, 0.3) is 0 Å². The first-order chi connectivity index (χ1) is 9.05. The number of ketones is 1. The zero-order valence-electron chi connectivity index (χ0n) is 11.4. The fourth-order valence-electron chi connectivity index (χ4n) is 1.91. The van der Waals surface area contributed by atoms with E-state index in [2.05, 4.69) is 5.10 Å². The summed E-state index contributed by atoms with van der Waals surface area (Å²) >= 11 is 0. The van der Waals surface area contributed by atoms with Crippen molar-refractivity contribution in [1.29, 1.82) is 0 Å². The summed E-state index contributed by atoms with van der Waals surface area (Å²) in [4.78, 5) is 12.4. The molecule has 1 aromatic carbocycles. The lowest BCUT2D eigenvalue weighted by molar-refractivity contribution is 0.102. The number of nitrogens with zero attached hydrogens (tertiary/aromatic N) is 2. The number of methoxy groups -OCH3 is 2. The standard InChI is InChI=1S/C14H16N2O3/c1-9-5-13(16(2)15-9)14(17)10-6-11(18-3)8-12(7-10)19-4/h5-8H,1-4H3. The molecule has 19 heavy (non-hydrogen) atoms. The Kier molecular flexibility index (Phi) is 3.55. The van der Waals surface area contributed by atoms with E-state index in [4.69, 9.17) is 9.47 Å². The van der Waals surface area contributed by atoms with Gasteiger partial charge in [0.2, 0.25) is 5.78 Å². The second kappa shape index (κ2) is 5.14. The van der Waals surface area contributed by atoms with Crippen LogP contribution in [-0.2, 0) is 7.05 Å². The van der Waals surface area contributed by atoms with Gasteiger partial charge in [-0.1, -0.05) is 0 Å². The second-order valence-corrected chi connectivity index (χ2v) is 4.23. The molecular weight excluding hydrogens is 244 g/mol. The van der Waals surface area contributed by atoms with E-state index in [9.17, 15) is 4.79 Å². The SMILES string of the molecule is COc1cc(OC)cc(C(=O)c2cc(C)nn2C)c1. The van der Waals surface area contributed by atoms with E-state index >= 15 is 0 Å². The lowest BCUT2D eigenvalue weighted by atomic mass is 10.1. The number of aromatic nitrogens is 2. The smallest absolute Gasteiger partial charge is 0.211 e. The summed E-state index contributed by atoms with van der Waals surface area (Å²) in [5.41, 5.74) is 1.85. The first-order valence-corrected chi connectivity index (χ1v) is 5.83. The molecule has 5 heteroatoms. The molecule has 1 aromatic heterocycles. The molecule has 0 fully saturated rings. The van der Waals surface area contributed by atoms with Crippen LogP contribution in [-0.4, -0.2) is 29.8 Å². The van der Waals surface area contributed by atoms with Gasteiger partial charge in [0.15, 0.2) is 0 Å². The highest BCUT2D eigenvalue weighted by molar-refractivity contribution is 6.08. The molecule has 2 rings (SSSR count). The molecule has 0 unspecified atom stereocenters. The average molecular weight is 260 g/mol. The molecular formula is C14H16N2O3. The number of hydrogen-bond acceptors (Lipinski definition) is 4. The van der Waals surface area contributed by atoms with Crippen molar-refractivity contribution in [3.8, 4) is 11.5 Å². The minimum absolute atomic E-state index is 0.111. The summed E-state index contributed by atoms with van der Waals surface area (Å²) in [6.07, 6.45) is 0. The highest BCUT2D eigenvalue weighted by Crippen LogP contribution is 2.24. The summed E-state index contributed by atoms with van der Waals surface area (Å²) < 4.78 is 11.9. The Balaban J connectivity index is 2.46. The van der Waals surface area contributed by atoms with E-state index < -0.39 is 0 Å². The third-order valence-corrected chi connectivity index (χ3v) is 2.85. The molecule has 0 saturated carbocycles. The molecule has 0 aliphatic heterocycles. The minimum Gasteiger partial charge on any atom is -0.497 e. The Hall–Kier alpha value is -2.30. The van der Waals surface area contributed by atoms with Crippen LogP contribution in [0, 0.1) is 6.92 Å². The van der Waals surface area contributed by atoms with Gasteiger partial charge in [0, 0.05) is 18.7 Å². The molecule has 2 aromatic rings. The van der Waals surface area contributed by atoms with E-state index in [1.54, 1.807) is 50.2 Å². The van der Waals surface area contributed by atoms with Crippen LogP contribution < -0.4 is 9.47 Å². The van der Waals surface area contributed by atoms with Crippen LogP contribution in [0.3, 0.4) is 0 Å². The van der Waals surface area contributed by atoms with Crippen molar-refractivity contribution < 1.29 is 14.3 Å². The molecule has 0 bridgehead atoms. The molecule has 0 radical (unpaired) electrons. The number of ether oxygens (including phenoxy) is 2. The summed E-state index contributed by atoms with van der Waals surface area (Å²) in [6.45, 7) is 1.85. The Morgan fingerprint density at radius 3 is 2.11 bits per heavy atom. The zero-order chi connectivity index (χ0) is 14.0. The van der Waals surface area contributed by atoms with Crippen molar-refractivity contribution in [2.45, 2.75) is 6.92 Å². The van der Waals surface area contributed by atoms with Crippen LogP contribution in [0.15, 0.2) is 24.3 Å². The van der Waals surface area contributed by atoms with Crippen LogP contribution in [0.4, 0.5) is 0 Å². The normalized spacial score (nSPS) is 10.3. The quantitative estimate of drug-likeness (QED) is 0.789. The summed E-state index contributed by atoms with van der Waals surface area (Å²) in [7, 11) is 4.85. The Bertz CT molecular complexity index is 595. The van der Waals surface area contributed by atoms with Crippen LogP contribution >= 0.6 is 0 Å². The van der Waals surface area contributed by atoms with E-state index in [1.165, 1.54) is 0 Å². The molecule has 0 aliphatic rings. The molecule has 0 spiro atoms. The fraction of sp³-hybridized carbons (Fsp3) is 0.286. The summed E-state index contributed by atoms with van der Waals surface area (Å²) in [5.74, 6) is 1.06. The molecule has 1 heterocycles. The summed E-state index contributed by atoms with van der Waals surface area (Å²) in [6, 6.07) is 6.86. The van der Waals surface area contributed by atoms with Crippen molar-refractivity contribution >= 4 is 5.78 Å². The fourth-order valence-corrected chi connectivity index (χ4v) is 1.91. The van der Waals surface area contributed by atoms with Gasteiger partial charge in [-0.3, -0.25) is 9.48 Å². The first-order valence-electron chi connectivity index (χ1n) is 5.83. The maximum Gasteiger partial charge on any atom is 0.211 e. The predicted molar refractivity (Wildman–Crippen MR) is 70.9 cm³/mol. The van der Waals surface area contributed by atoms with E-state index in [-0.39, 0.29) is 5.78 Å². The highest BCUT2D eigenvalue weighted by atomic mass is 16.5. The lowest BCUT2D eigenvalue weighted by Crippen LogP contribution is -2.08. The molecule has 100 valence electrons. The number of carbonyl (C=O) groups is 1. The number of aryl methyl sites for hydroxylation is 2. The molecule has 5 nitrogen and oxygen atoms in total. The van der Waals surface area contributed by atoms with Gasteiger partial charge in [0.05, 0.1) is 19.9 Å². The summed E-state index contributed by atoms with van der Waals surface area (Å²) in [5, 5.41) is 4.18. The molecule has 0 N–H and O–H groups in total. The van der Waals surface area contributed by atoms with Gasteiger partial charge >= 0.3 is 0 Å². The maximum absolute atomic E-state index is 12.4. The Labute approximate surface area is 111 Å². The lowest BCUT2D eigenvalue weighted by Gasteiger charge is -2.07. The minimum atomic E-state index is -0.111. The predicted octanol–water partition coefficient (Wildman–Crippen LogP) is 1.98. The van der Waals surface area contributed by atoms with Gasteiger partial charge in [-0.25, -0.2) is 0 Å². The van der Waals surface area contributed by atoms with Crippen LogP contribution in [0.5, 0.6) is 11.5 Å². The highest BCUT2D eigenvalue weighted by Gasteiger charge is 2.16. The van der Waals surface area contributed by atoms with E-state index in [0.717, 1.165) is 5.69 Å². The Morgan fingerprint density at radius 2 is 1.68 bits per heavy atom. The van der Waals surface area contributed by atoms with Gasteiger partial charge in [0.1, 0.15) is 17.2 Å². The van der Waals surface area contributed by atoms with Gasteiger partial charge < -0.3 is 9.47 Å². The van der Waals surface area contributed by atoms with Crippen molar-refractivity contribution in [3.63, 3.8) is 0 Å². The van der Waals surface area contributed by atoms with Crippen molar-refractivity contribution in [1.82, 2.24) is 9.78 Å². The Morgan fingerprint density at radius 1 is 1.11 bits per heavy atom. The number of carbonyl (C=O) groups excluding carboxylic acids is 1.